The van der Waals surface area contributed by atoms with Crippen molar-refractivity contribution in [2.45, 2.75) is 5.75 Å². The van der Waals surface area contributed by atoms with Crippen molar-refractivity contribution in [1.82, 2.24) is 5.27 Å². The quantitative estimate of drug-likeness (QED) is 0.829. The predicted molar refractivity (Wildman–Crippen MR) is 68.9 cm³/mol. The molecule has 1 heterocycles. The fourth-order valence-electron chi connectivity index (χ4n) is 1.39. The van der Waals surface area contributed by atoms with Gasteiger partial charge in [-0.05, 0) is 5.56 Å². The van der Waals surface area contributed by atoms with Crippen LogP contribution >= 0.6 is 11.8 Å². The SMILES string of the molecule is C[n+]1cc(NC(=O)CSCc2ccccc2)on1. The number of rotatable bonds is 5. The van der Waals surface area contributed by atoms with E-state index in [0.717, 1.165) is 5.75 Å². The second-order valence-corrected chi connectivity index (χ2v) is 4.75. The summed E-state index contributed by atoms with van der Waals surface area (Å²) in [4.78, 5) is 11.6. The molecule has 0 bridgehead atoms. The Kier molecular flexibility index (Phi) is 4.35. The summed E-state index contributed by atoms with van der Waals surface area (Å²) in [5.41, 5.74) is 1.21. The molecule has 1 aromatic carbocycles. The number of hydrogen-bond donors (Lipinski definition) is 1. The summed E-state index contributed by atoms with van der Waals surface area (Å²) in [7, 11) is 1.73. The van der Waals surface area contributed by atoms with Gasteiger partial charge in [0.25, 0.3) is 6.20 Å². The second-order valence-electron chi connectivity index (χ2n) is 3.77. The van der Waals surface area contributed by atoms with Crippen molar-refractivity contribution in [3.05, 3.63) is 42.1 Å². The predicted octanol–water partition coefficient (Wildman–Crippen LogP) is 1.37. The molecule has 5 nitrogen and oxygen atoms in total. The number of anilines is 1. The largest absolute Gasteiger partial charge is 0.302 e. The first-order chi connectivity index (χ1) is 8.74. The molecule has 2 aromatic rings. The highest BCUT2D eigenvalue weighted by molar-refractivity contribution is 7.99. The molecule has 0 spiro atoms. The number of nitrogens with zero attached hydrogens (tertiary/aromatic N) is 2. The van der Waals surface area contributed by atoms with E-state index in [-0.39, 0.29) is 5.91 Å². The molecule has 1 aromatic heterocycles. The van der Waals surface area contributed by atoms with Crippen LogP contribution in [0.1, 0.15) is 5.56 Å². The standard InChI is InChI=1S/C12H13N3O2S/c1-15-7-12(17-14-15)13-11(16)9-18-8-10-5-3-2-4-6-10/h2-7H,8-9H2,1H3/p+1. The lowest BCUT2D eigenvalue weighted by Gasteiger charge is -2.01. The monoisotopic (exact) mass is 264 g/mol. The van der Waals surface area contributed by atoms with E-state index < -0.39 is 0 Å². The molecule has 0 atom stereocenters. The van der Waals surface area contributed by atoms with Crippen LogP contribution in [0, 0.1) is 0 Å². The van der Waals surface area contributed by atoms with Gasteiger partial charge in [-0.25, -0.2) is 0 Å². The molecular weight excluding hydrogens is 250 g/mol. The van der Waals surface area contributed by atoms with Crippen molar-refractivity contribution in [2.75, 3.05) is 11.1 Å². The molecule has 0 saturated heterocycles. The van der Waals surface area contributed by atoms with E-state index in [9.17, 15) is 4.79 Å². The van der Waals surface area contributed by atoms with Crippen molar-refractivity contribution in [2.24, 2.45) is 7.05 Å². The third-order valence-electron chi connectivity index (χ3n) is 2.18. The van der Waals surface area contributed by atoms with Crippen molar-refractivity contribution in [1.29, 1.82) is 0 Å². The van der Waals surface area contributed by atoms with Crippen molar-refractivity contribution < 1.29 is 14.0 Å². The summed E-state index contributed by atoms with van der Waals surface area (Å²) in [6.07, 6.45) is 1.61. The number of thioether (sulfide) groups is 1. The Morgan fingerprint density at radius 1 is 1.44 bits per heavy atom. The molecule has 0 saturated carbocycles. The van der Waals surface area contributed by atoms with Gasteiger partial charge in [0.15, 0.2) is 12.3 Å². The molecule has 0 aliphatic carbocycles. The summed E-state index contributed by atoms with van der Waals surface area (Å²) in [5, 5.41) is 6.26. The van der Waals surface area contributed by atoms with Gasteiger partial charge in [0.2, 0.25) is 5.91 Å². The average Bonchev–Trinajstić information content (AvgIpc) is 2.76. The zero-order valence-corrected chi connectivity index (χ0v) is 10.8. The maximum atomic E-state index is 11.6. The smallest absolute Gasteiger partial charge is 0.288 e. The van der Waals surface area contributed by atoms with Gasteiger partial charge in [0, 0.05) is 5.75 Å². The number of aromatic nitrogens is 2. The first-order valence-electron chi connectivity index (χ1n) is 5.48. The lowest BCUT2D eigenvalue weighted by Crippen LogP contribution is -2.28. The lowest BCUT2D eigenvalue weighted by atomic mass is 10.2. The molecule has 0 aliphatic rings. The van der Waals surface area contributed by atoms with E-state index in [2.05, 4.69) is 10.6 Å². The Morgan fingerprint density at radius 3 is 2.89 bits per heavy atom. The highest BCUT2D eigenvalue weighted by atomic mass is 32.2. The van der Waals surface area contributed by atoms with Crippen molar-refractivity contribution in [3.63, 3.8) is 0 Å². The van der Waals surface area contributed by atoms with Gasteiger partial charge in [-0.2, -0.15) is 0 Å². The number of carbonyl (C=O) groups excluding carboxylic acids is 1. The van der Waals surface area contributed by atoms with Crippen LogP contribution in [0.3, 0.4) is 0 Å². The normalized spacial score (nSPS) is 10.3. The molecule has 0 radical (unpaired) electrons. The van der Waals surface area contributed by atoms with E-state index in [1.807, 2.05) is 30.3 Å². The molecule has 1 N–H and O–H groups in total. The highest BCUT2D eigenvalue weighted by Gasteiger charge is 2.10. The van der Waals surface area contributed by atoms with Crippen LogP contribution in [-0.4, -0.2) is 16.9 Å². The molecule has 0 fully saturated rings. The first-order valence-corrected chi connectivity index (χ1v) is 6.63. The third kappa shape index (κ3) is 3.89. The summed E-state index contributed by atoms with van der Waals surface area (Å²) < 4.78 is 6.36. The van der Waals surface area contributed by atoms with Gasteiger partial charge in [0.05, 0.1) is 5.75 Å². The van der Waals surface area contributed by atoms with Gasteiger partial charge < -0.3 is 0 Å². The molecule has 1 amide bonds. The Morgan fingerprint density at radius 2 is 2.22 bits per heavy atom. The van der Waals surface area contributed by atoms with Crippen LogP contribution in [0.4, 0.5) is 5.88 Å². The van der Waals surface area contributed by atoms with Crippen LogP contribution in [-0.2, 0) is 17.6 Å². The average molecular weight is 264 g/mol. The van der Waals surface area contributed by atoms with Gasteiger partial charge >= 0.3 is 5.88 Å². The fourth-order valence-corrected chi connectivity index (χ4v) is 2.18. The Bertz CT molecular complexity index is 513. The number of amides is 1. The lowest BCUT2D eigenvalue weighted by molar-refractivity contribution is -0.739. The second kappa shape index (κ2) is 6.20. The van der Waals surface area contributed by atoms with Crippen LogP contribution < -0.4 is 10.00 Å². The molecule has 0 aliphatic heterocycles. The van der Waals surface area contributed by atoms with Gasteiger partial charge in [0.1, 0.15) is 0 Å². The fraction of sp³-hybridized carbons (Fsp3) is 0.250. The maximum Gasteiger partial charge on any atom is 0.302 e. The number of benzene rings is 1. The summed E-state index contributed by atoms with van der Waals surface area (Å²) in [6.45, 7) is 0. The molecule has 18 heavy (non-hydrogen) atoms. The summed E-state index contributed by atoms with van der Waals surface area (Å²) in [5.74, 6) is 1.48. The summed E-state index contributed by atoms with van der Waals surface area (Å²) in [6, 6.07) is 10.0. The zero-order chi connectivity index (χ0) is 12.8. The third-order valence-corrected chi connectivity index (χ3v) is 3.18. The Hall–Kier alpha value is -1.82. The first kappa shape index (κ1) is 12.6. The van der Waals surface area contributed by atoms with Crippen LogP contribution in [0.5, 0.6) is 0 Å². The minimum absolute atomic E-state index is 0.0901. The van der Waals surface area contributed by atoms with E-state index in [1.54, 1.807) is 25.0 Å². The molecule has 6 heteroatoms. The Labute approximate surface area is 109 Å². The van der Waals surface area contributed by atoms with Crippen molar-refractivity contribution in [3.8, 4) is 0 Å². The van der Waals surface area contributed by atoms with Crippen molar-refractivity contribution >= 4 is 23.6 Å². The molecule has 94 valence electrons. The maximum absolute atomic E-state index is 11.6. The minimum Gasteiger partial charge on any atom is -0.288 e. The number of carbonyl (C=O) groups is 1. The summed E-state index contributed by atoms with van der Waals surface area (Å²) >= 11 is 1.56. The highest BCUT2D eigenvalue weighted by Crippen LogP contribution is 2.12. The van der Waals surface area contributed by atoms with Gasteiger partial charge in [-0.1, -0.05) is 35.0 Å². The van der Waals surface area contributed by atoms with E-state index >= 15 is 0 Å². The van der Waals surface area contributed by atoms with Gasteiger partial charge in [-0.15, -0.1) is 11.8 Å². The topological polar surface area (TPSA) is 59.0 Å². The molecule has 0 unspecified atom stereocenters. The number of nitrogens with one attached hydrogen (secondary N) is 1. The molecule has 2 rings (SSSR count). The van der Waals surface area contributed by atoms with Crippen LogP contribution in [0.25, 0.3) is 0 Å². The van der Waals surface area contributed by atoms with E-state index in [0.29, 0.717) is 11.6 Å². The minimum atomic E-state index is -0.0901. The molecular formula is C12H14N3O2S+. The van der Waals surface area contributed by atoms with Crippen LogP contribution in [0.2, 0.25) is 0 Å². The van der Waals surface area contributed by atoms with Gasteiger partial charge in [-0.3, -0.25) is 14.6 Å². The zero-order valence-electron chi connectivity index (χ0n) is 10.00. The Balaban J connectivity index is 1.72. The van der Waals surface area contributed by atoms with Crippen LogP contribution in [0.15, 0.2) is 41.1 Å². The number of aryl methyl sites for hydroxylation is 1. The van der Waals surface area contributed by atoms with E-state index in [4.69, 9.17) is 4.52 Å². The number of hydrogen-bond acceptors (Lipinski definition) is 4. The van der Waals surface area contributed by atoms with E-state index in [1.165, 1.54) is 10.2 Å².